The average molecular weight is 347 g/mol. The van der Waals surface area contributed by atoms with E-state index < -0.39 is 12.1 Å². The van der Waals surface area contributed by atoms with Crippen molar-refractivity contribution in [2.45, 2.75) is 25.4 Å². The molecule has 1 aromatic rings. The van der Waals surface area contributed by atoms with Gasteiger partial charge in [0, 0.05) is 31.9 Å². The van der Waals surface area contributed by atoms with Crippen LogP contribution >= 0.6 is 0 Å². The highest BCUT2D eigenvalue weighted by atomic mass is 16.5. The Labute approximate surface area is 147 Å². The summed E-state index contributed by atoms with van der Waals surface area (Å²) in [6, 6.07) is 7.64. The van der Waals surface area contributed by atoms with Crippen molar-refractivity contribution < 1.29 is 19.1 Å². The van der Waals surface area contributed by atoms with E-state index in [0.29, 0.717) is 19.5 Å². The molecule has 2 aliphatic rings. The number of nitrogens with one attached hydrogen (secondary N) is 1. The fraction of sp³-hybridized carbons (Fsp3) is 0.556. The van der Waals surface area contributed by atoms with Gasteiger partial charge < -0.3 is 19.7 Å². The van der Waals surface area contributed by atoms with Crippen LogP contribution in [0.15, 0.2) is 24.3 Å². The molecule has 0 aliphatic carbocycles. The van der Waals surface area contributed by atoms with Crippen LogP contribution in [0.2, 0.25) is 0 Å². The van der Waals surface area contributed by atoms with Gasteiger partial charge in [0.25, 0.3) is 0 Å². The third-order valence-electron chi connectivity index (χ3n) is 4.76. The number of benzene rings is 1. The van der Waals surface area contributed by atoms with Crippen molar-refractivity contribution in [1.29, 1.82) is 0 Å². The van der Waals surface area contributed by atoms with Gasteiger partial charge in [-0.2, -0.15) is 0 Å². The van der Waals surface area contributed by atoms with Crippen LogP contribution in [0, 0.1) is 0 Å². The molecule has 2 aliphatic heterocycles. The van der Waals surface area contributed by atoms with Gasteiger partial charge in [-0.15, -0.1) is 0 Å². The first-order chi connectivity index (χ1) is 12.2. The molecule has 3 rings (SSSR count). The van der Waals surface area contributed by atoms with Gasteiger partial charge in [0.05, 0.1) is 20.3 Å². The molecule has 25 heavy (non-hydrogen) atoms. The average Bonchev–Trinajstić information content (AvgIpc) is 3.16. The number of anilines is 1. The van der Waals surface area contributed by atoms with Gasteiger partial charge in [-0.3, -0.25) is 9.69 Å². The highest BCUT2D eigenvalue weighted by Gasteiger charge is 2.34. The number of hydrogen-bond donors (Lipinski definition) is 1. The highest BCUT2D eigenvalue weighted by molar-refractivity contribution is 5.86. The van der Waals surface area contributed by atoms with Crippen LogP contribution in [0.3, 0.4) is 0 Å². The lowest BCUT2D eigenvalue weighted by atomic mass is 10.1. The van der Waals surface area contributed by atoms with Crippen LogP contribution in [0.4, 0.5) is 10.5 Å². The molecule has 0 unspecified atom stereocenters. The lowest BCUT2D eigenvalue weighted by molar-refractivity contribution is -0.125. The number of nitrogens with zero attached hydrogens (tertiary/aromatic N) is 2. The fourth-order valence-corrected chi connectivity index (χ4v) is 3.45. The summed E-state index contributed by atoms with van der Waals surface area (Å²) in [7, 11) is 1.34. The number of morpholine rings is 1. The maximum atomic E-state index is 12.5. The minimum absolute atomic E-state index is 0.125. The molecule has 0 aromatic heterocycles. The molecule has 2 saturated heterocycles. The summed E-state index contributed by atoms with van der Waals surface area (Å²) >= 11 is 0. The molecule has 1 atom stereocenters. The van der Waals surface area contributed by atoms with Gasteiger partial charge in [0.1, 0.15) is 6.04 Å². The summed E-state index contributed by atoms with van der Waals surface area (Å²) in [5, 5.41) is 2.98. The largest absolute Gasteiger partial charge is 0.453 e. The second-order valence-corrected chi connectivity index (χ2v) is 6.27. The van der Waals surface area contributed by atoms with Crippen molar-refractivity contribution in [3.63, 3.8) is 0 Å². The summed E-state index contributed by atoms with van der Waals surface area (Å²) in [6.45, 7) is 4.15. The van der Waals surface area contributed by atoms with Gasteiger partial charge in [-0.1, -0.05) is 18.2 Å². The van der Waals surface area contributed by atoms with Crippen molar-refractivity contribution in [2.24, 2.45) is 0 Å². The van der Waals surface area contributed by atoms with Crippen LogP contribution in [-0.2, 0) is 20.8 Å². The van der Waals surface area contributed by atoms with E-state index in [1.807, 2.05) is 18.2 Å². The highest BCUT2D eigenvalue weighted by Crippen LogP contribution is 2.22. The van der Waals surface area contributed by atoms with Crippen molar-refractivity contribution in [3.8, 4) is 0 Å². The molecular weight excluding hydrogens is 322 g/mol. The lowest BCUT2D eigenvalue weighted by Crippen LogP contribution is -2.45. The minimum Gasteiger partial charge on any atom is -0.453 e. The van der Waals surface area contributed by atoms with Crippen molar-refractivity contribution in [3.05, 3.63) is 29.8 Å². The Bertz CT molecular complexity index is 616. The van der Waals surface area contributed by atoms with Crippen molar-refractivity contribution in [2.75, 3.05) is 44.9 Å². The number of amides is 2. The van der Waals surface area contributed by atoms with E-state index in [9.17, 15) is 9.59 Å². The molecule has 2 amide bonds. The van der Waals surface area contributed by atoms with Crippen molar-refractivity contribution >= 4 is 17.7 Å². The first-order valence-corrected chi connectivity index (χ1v) is 8.73. The van der Waals surface area contributed by atoms with Crippen LogP contribution in [-0.4, -0.2) is 62.9 Å². The smallest absolute Gasteiger partial charge is 0.410 e. The second-order valence-electron chi connectivity index (χ2n) is 6.27. The van der Waals surface area contributed by atoms with Crippen LogP contribution < -0.4 is 10.2 Å². The zero-order valence-electron chi connectivity index (χ0n) is 14.6. The van der Waals surface area contributed by atoms with E-state index in [0.717, 1.165) is 44.0 Å². The van der Waals surface area contributed by atoms with Gasteiger partial charge in [0.15, 0.2) is 0 Å². The first kappa shape index (κ1) is 17.5. The molecule has 2 fully saturated rings. The Morgan fingerprint density at radius 2 is 2.00 bits per heavy atom. The summed E-state index contributed by atoms with van der Waals surface area (Å²) in [5.74, 6) is -0.125. The number of hydrogen-bond acceptors (Lipinski definition) is 5. The predicted molar refractivity (Wildman–Crippen MR) is 93.5 cm³/mol. The number of ether oxygens (including phenoxy) is 2. The monoisotopic (exact) mass is 347 g/mol. The van der Waals surface area contributed by atoms with Crippen LogP contribution in [0.25, 0.3) is 0 Å². The van der Waals surface area contributed by atoms with Gasteiger partial charge in [-0.25, -0.2) is 4.79 Å². The normalized spacial score (nSPS) is 20.4. The summed E-state index contributed by atoms with van der Waals surface area (Å²) in [6.07, 6.45) is 1.05. The quantitative estimate of drug-likeness (QED) is 0.891. The molecule has 136 valence electrons. The van der Waals surface area contributed by atoms with E-state index in [2.05, 4.69) is 16.3 Å². The van der Waals surface area contributed by atoms with E-state index in [1.165, 1.54) is 12.0 Å². The molecule has 7 nitrogen and oxygen atoms in total. The molecule has 0 saturated carbocycles. The Hall–Kier alpha value is -2.28. The third kappa shape index (κ3) is 4.04. The third-order valence-corrected chi connectivity index (χ3v) is 4.76. The minimum atomic E-state index is -0.442. The Balaban J connectivity index is 1.63. The Morgan fingerprint density at radius 3 is 2.76 bits per heavy atom. The number of likely N-dealkylation sites (tertiary alicyclic amines) is 1. The van der Waals surface area contributed by atoms with E-state index in [4.69, 9.17) is 9.47 Å². The summed E-state index contributed by atoms with van der Waals surface area (Å²) in [4.78, 5) is 28.1. The zero-order chi connectivity index (χ0) is 17.6. The number of rotatable bonds is 4. The van der Waals surface area contributed by atoms with Crippen molar-refractivity contribution in [1.82, 2.24) is 10.2 Å². The molecule has 1 aromatic carbocycles. The Morgan fingerprint density at radius 1 is 1.24 bits per heavy atom. The number of carbonyl (C=O) groups excluding carboxylic acids is 2. The lowest BCUT2D eigenvalue weighted by Gasteiger charge is -2.31. The molecule has 0 bridgehead atoms. The molecule has 0 radical (unpaired) electrons. The standard InChI is InChI=1S/C18H25N3O4/c1-24-18(23)21-8-4-7-16(21)17(22)19-13-14-5-2-3-6-15(14)20-9-11-25-12-10-20/h2-3,5-6,16H,4,7-13H2,1H3,(H,19,22)/t16-/m0/s1. The maximum Gasteiger partial charge on any atom is 0.410 e. The van der Waals surface area contributed by atoms with Crippen LogP contribution in [0.1, 0.15) is 18.4 Å². The maximum absolute atomic E-state index is 12.5. The zero-order valence-corrected chi connectivity index (χ0v) is 14.6. The summed E-state index contributed by atoms with van der Waals surface area (Å²) in [5.41, 5.74) is 2.20. The Kier molecular flexibility index (Phi) is 5.75. The summed E-state index contributed by atoms with van der Waals surface area (Å²) < 4.78 is 10.2. The number of methoxy groups -OCH3 is 1. The van der Waals surface area contributed by atoms with Gasteiger partial charge in [0.2, 0.25) is 5.91 Å². The van der Waals surface area contributed by atoms with E-state index >= 15 is 0 Å². The number of carbonyl (C=O) groups is 2. The molecule has 0 spiro atoms. The van der Waals surface area contributed by atoms with E-state index in [1.54, 1.807) is 0 Å². The number of para-hydroxylation sites is 1. The molecule has 2 heterocycles. The SMILES string of the molecule is COC(=O)N1CCC[C@H]1C(=O)NCc1ccccc1N1CCOCC1. The topological polar surface area (TPSA) is 71.1 Å². The van der Waals surface area contributed by atoms with E-state index in [-0.39, 0.29) is 5.91 Å². The van der Waals surface area contributed by atoms with Gasteiger partial charge in [-0.05, 0) is 24.5 Å². The molecule has 1 N–H and O–H groups in total. The second kappa shape index (κ2) is 8.20. The molecular formula is C18H25N3O4. The molecule has 7 heteroatoms. The predicted octanol–water partition coefficient (Wildman–Crippen LogP) is 1.37. The first-order valence-electron chi connectivity index (χ1n) is 8.73. The van der Waals surface area contributed by atoms with Gasteiger partial charge >= 0.3 is 6.09 Å². The van der Waals surface area contributed by atoms with Crippen LogP contribution in [0.5, 0.6) is 0 Å². The fourth-order valence-electron chi connectivity index (χ4n) is 3.45.